The first-order chi connectivity index (χ1) is 16.7. The van der Waals surface area contributed by atoms with Crippen molar-refractivity contribution in [2.24, 2.45) is 5.92 Å². The highest BCUT2D eigenvalue weighted by molar-refractivity contribution is 7.89. The fraction of sp³-hybridized carbons (Fsp3) is 0.308. The van der Waals surface area contributed by atoms with E-state index in [9.17, 15) is 18.3 Å². The van der Waals surface area contributed by atoms with Crippen LogP contribution in [0.5, 0.6) is 0 Å². The van der Waals surface area contributed by atoms with Crippen molar-refractivity contribution in [3.05, 3.63) is 94.8 Å². The van der Waals surface area contributed by atoms with Crippen molar-refractivity contribution in [1.82, 2.24) is 14.6 Å². The summed E-state index contributed by atoms with van der Waals surface area (Å²) in [5, 5.41) is 9.66. The van der Waals surface area contributed by atoms with E-state index in [2.05, 4.69) is 14.6 Å². The molecule has 0 bridgehead atoms. The number of carboxylic acid groups (broad SMARTS) is 1. The van der Waals surface area contributed by atoms with Gasteiger partial charge in [-0.25, -0.2) is 17.9 Å². The van der Waals surface area contributed by atoms with Crippen LogP contribution >= 0.6 is 11.6 Å². The lowest BCUT2D eigenvalue weighted by atomic mass is 9.99. The van der Waals surface area contributed by atoms with E-state index in [1.807, 2.05) is 26.0 Å². The zero-order chi connectivity index (χ0) is 25.4. The molecule has 0 aliphatic carbocycles. The number of carboxylic acids is 1. The van der Waals surface area contributed by atoms with Crippen LogP contribution in [0.4, 0.5) is 0 Å². The Morgan fingerprint density at radius 1 is 1.06 bits per heavy atom. The maximum absolute atomic E-state index is 13.1. The van der Waals surface area contributed by atoms with Crippen LogP contribution in [-0.2, 0) is 23.1 Å². The summed E-state index contributed by atoms with van der Waals surface area (Å²) in [7, 11) is -3.75. The molecule has 0 radical (unpaired) electrons. The second-order valence-corrected chi connectivity index (χ2v) is 10.8. The summed E-state index contributed by atoms with van der Waals surface area (Å²) >= 11 is 5.93. The van der Waals surface area contributed by atoms with Crippen LogP contribution < -0.4 is 4.72 Å². The van der Waals surface area contributed by atoms with Crippen molar-refractivity contribution in [3.63, 3.8) is 0 Å². The van der Waals surface area contributed by atoms with Gasteiger partial charge in [0.25, 0.3) is 0 Å². The Kier molecular flexibility index (Phi) is 9.40. The van der Waals surface area contributed by atoms with Gasteiger partial charge in [-0.3, -0.25) is 9.88 Å². The summed E-state index contributed by atoms with van der Waals surface area (Å²) in [5.74, 6) is -0.903. The first-order valence-electron chi connectivity index (χ1n) is 11.4. The molecular formula is C26H30ClN3O4S. The predicted octanol–water partition coefficient (Wildman–Crippen LogP) is 4.83. The Balaban J connectivity index is 1.85. The van der Waals surface area contributed by atoms with E-state index in [0.29, 0.717) is 24.7 Å². The van der Waals surface area contributed by atoms with Crippen molar-refractivity contribution in [1.29, 1.82) is 0 Å². The molecule has 35 heavy (non-hydrogen) atoms. The van der Waals surface area contributed by atoms with Crippen LogP contribution in [0.1, 0.15) is 41.8 Å². The average Bonchev–Trinajstić information content (AvgIpc) is 2.84. The molecule has 2 atom stereocenters. The summed E-state index contributed by atoms with van der Waals surface area (Å²) in [6, 6.07) is 16.3. The number of hydrogen-bond acceptors (Lipinski definition) is 5. The fourth-order valence-electron chi connectivity index (χ4n) is 3.72. The highest BCUT2D eigenvalue weighted by atomic mass is 35.5. The standard InChI is InChI=1S/C26H30ClN3O4S/c1-3-19(2)25(29-35(33,34)24-12-10-23(27)11-13-24)18-30(17-21-5-4-14-28-15-21)16-20-6-8-22(9-7-20)26(31)32/h4-15,19,25,29H,3,16-18H2,1-2H3,(H,31,32). The second-order valence-electron chi connectivity index (χ2n) is 8.60. The normalized spacial score (nSPS) is 13.5. The average molecular weight is 516 g/mol. The number of nitrogens with zero attached hydrogens (tertiary/aromatic N) is 2. The first-order valence-corrected chi connectivity index (χ1v) is 13.3. The molecule has 0 aliphatic heterocycles. The van der Waals surface area contributed by atoms with Gasteiger partial charge in [0.15, 0.2) is 0 Å². The Labute approximate surface area is 211 Å². The van der Waals surface area contributed by atoms with Crippen LogP contribution in [0.25, 0.3) is 0 Å². The minimum Gasteiger partial charge on any atom is -0.478 e. The van der Waals surface area contributed by atoms with E-state index in [1.54, 1.807) is 48.8 Å². The Hall–Kier alpha value is -2.78. The molecule has 3 aromatic rings. The monoisotopic (exact) mass is 515 g/mol. The highest BCUT2D eigenvalue weighted by Gasteiger charge is 2.26. The van der Waals surface area contributed by atoms with Gasteiger partial charge in [-0.1, -0.05) is 50.1 Å². The third kappa shape index (κ3) is 7.86. The van der Waals surface area contributed by atoms with Gasteiger partial charge >= 0.3 is 5.97 Å². The van der Waals surface area contributed by atoms with Crippen LogP contribution in [0.15, 0.2) is 78.0 Å². The molecule has 0 amide bonds. The zero-order valence-electron chi connectivity index (χ0n) is 19.8. The molecule has 2 N–H and O–H groups in total. The summed E-state index contributed by atoms with van der Waals surface area (Å²) in [6.45, 7) is 5.59. The molecule has 0 spiro atoms. The van der Waals surface area contributed by atoms with Gasteiger partial charge in [-0.05, 0) is 59.5 Å². The molecule has 0 aliphatic rings. The SMILES string of the molecule is CCC(C)C(CN(Cc1ccc(C(=O)O)cc1)Cc1cccnc1)NS(=O)(=O)c1ccc(Cl)cc1. The molecule has 7 nitrogen and oxygen atoms in total. The number of hydrogen-bond donors (Lipinski definition) is 2. The lowest BCUT2D eigenvalue weighted by Gasteiger charge is -2.31. The van der Waals surface area contributed by atoms with E-state index in [1.165, 1.54) is 12.1 Å². The molecule has 1 heterocycles. The topological polar surface area (TPSA) is 99.6 Å². The van der Waals surface area contributed by atoms with Crippen LogP contribution in [0.3, 0.4) is 0 Å². The zero-order valence-corrected chi connectivity index (χ0v) is 21.3. The lowest BCUT2D eigenvalue weighted by molar-refractivity contribution is 0.0697. The van der Waals surface area contributed by atoms with Gasteiger partial charge in [0.2, 0.25) is 10.0 Å². The van der Waals surface area contributed by atoms with Gasteiger partial charge < -0.3 is 5.11 Å². The van der Waals surface area contributed by atoms with Crippen molar-refractivity contribution >= 4 is 27.6 Å². The molecule has 3 rings (SSSR count). The number of halogens is 1. The Bertz CT molecular complexity index is 1200. The van der Waals surface area contributed by atoms with Gasteiger partial charge in [-0.15, -0.1) is 0 Å². The van der Waals surface area contributed by atoms with Crippen molar-refractivity contribution in [2.45, 2.75) is 44.3 Å². The number of benzene rings is 2. The van der Waals surface area contributed by atoms with E-state index in [4.69, 9.17) is 11.6 Å². The Morgan fingerprint density at radius 3 is 2.29 bits per heavy atom. The summed E-state index contributed by atoms with van der Waals surface area (Å²) < 4.78 is 29.2. The molecule has 2 aromatic carbocycles. The van der Waals surface area contributed by atoms with Crippen molar-refractivity contribution < 1.29 is 18.3 Å². The first kappa shape index (κ1) is 26.8. The third-order valence-corrected chi connectivity index (χ3v) is 7.71. The van der Waals surface area contributed by atoms with E-state index < -0.39 is 16.0 Å². The van der Waals surface area contributed by atoms with Crippen LogP contribution in [-0.4, -0.2) is 42.0 Å². The largest absolute Gasteiger partial charge is 0.478 e. The van der Waals surface area contributed by atoms with Gasteiger partial charge in [0.1, 0.15) is 0 Å². The summed E-state index contributed by atoms with van der Waals surface area (Å²) in [5.41, 5.74) is 2.15. The minimum atomic E-state index is -3.75. The van der Waals surface area contributed by atoms with E-state index >= 15 is 0 Å². The van der Waals surface area contributed by atoms with Crippen LogP contribution in [0.2, 0.25) is 5.02 Å². The van der Waals surface area contributed by atoms with Gasteiger partial charge in [0.05, 0.1) is 10.5 Å². The molecular weight excluding hydrogens is 486 g/mol. The van der Waals surface area contributed by atoms with Crippen molar-refractivity contribution in [2.75, 3.05) is 6.54 Å². The van der Waals surface area contributed by atoms with E-state index in [0.717, 1.165) is 17.5 Å². The highest BCUT2D eigenvalue weighted by Crippen LogP contribution is 2.19. The van der Waals surface area contributed by atoms with Gasteiger partial charge in [-0.2, -0.15) is 0 Å². The predicted molar refractivity (Wildman–Crippen MR) is 137 cm³/mol. The van der Waals surface area contributed by atoms with Crippen LogP contribution in [0, 0.1) is 5.92 Å². The maximum Gasteiger partial charge on any atom is 0.335 e. The van der Waals surface area contributed by atoms with E-state index in [-0.39, 0.29) is 22.4 Å². The third-order valence-electron chi connectivity index (χ3n) is 5.95. The maximum atomic E-state index is 13.1. The number of sulfonamides is 1. The summed E-state index contributed by atoms with van der Waals surface area (Å²) in [6.07, 6.45) is 4.29. The van der Waals surface area contributed by atoms with Crippen molar-refractivity contribution in [3.8, 4) is 0 Å². The summed E-state index contributed by atoms with van der Waals surface area (Å²) in [4.78, 5) is 17.7. The quantitative estimate of drug-likeness (QED) is 0.358. The van der Waals surface area contributed by atoms with Gasteiger partial charge in [0, 0.05) is 43.1 Å². The minimum absolute atomic E-state index is 0.0721. The number of carbonyl (C=O) groups is 1. The molecule has 0 saturated heterocycles. The molecule has 0 saturated carbocycles. The smallest absolute Gasteiger partial charge is 0.335 e. The lowest BCUT2D eigenvalue weighted by Crippen LogP contribution is -2.46. The molecule has 9 heteroatoms. The molecule has 0 fully saturated rings. The fourth-order valence-corrected chi connectivity index (χ4v) is 5.18. The second kappa shape index (κ2) is 12.3. The number of aromatic nitrogens is 1. The molecule has 186 valence electrons. The molecule has 1 aromatic heterocycles. The Morgan fingerprint density at radius 2 is 1.71 bits per heavy atom. The number of aromatic carboxylic acids is 1. The molecule has 2 unspecified atom stereocenters. The number of rotatable bonds is 12. The number of nitrogens with one attached hydrogen (secondary N) is 1. The number of pyridine rings is 1.